The Hall–Kier alpha value is 1.62. The van der Waals surface area contributed by atoms with Crippen LogP contribution in [0.15, 0.2) is 0 Å². The summed E-state index contributed by atoms with van der Waals surface area (Å²) in [6, 6.07) is 0. The van der Waals surface area contributed by atoms with E-state index in [1.54, 1.807) is 0 Å². The Bertz CT molecular complexity index is 147. The van der Waals surface area contributed by atoms with Crippen molar-refractivity contribution >= 4 is 18.8 Å². The van der Waals surface area contributed by atoms with E-state index in [9.17, 15) is 0 Å². The van der Waals surface area contributed by atoms with Crippen LogP contribution in [0.5, 0.6) is 0 Å². The van der Waals surface area contributed by atoms with E-state index in [1.807, 2.05) is 0 Å². The molecule has 19 heavy (non-hydrogen) atoms. The standard InChI is InChI=1S/C12H26S.CH2O3.2Na/c1-2-3-4-5-6-7-8-9-10-11-12-13;2-1(3)4;;/h13H,2-12H2,1H3;(H2,2,3,4);;/q;;2*+1/p-2. The van der Waals surface area contributed by atoms with Gasteiger partial charge in [0.15, 0.2) is 0 Å². The molecule has 0 fully saturated rings. The second-order valence-electron chi connectivity index (χ2n) is 4.16. The fourth-order valence-corrected chi connectivity index (χ4v) is 1.82. The summed E-state index contributed by atoms with van der Waals surface area (Å²) in [6.07, 6.45) is 11.8. The predicted molar refractivity (Wildman–Crippen MR) is 71.1 cm³/mol. The van der Waals surface area contributed by atoms with Gasteiger partial charge in [-0.2, -0.15) is 12.6 Å². The zero-order chi connectivity index (χ0) is 13.4. The summed E-state index contributed by atoms with van der Waals surface area (Å²) in [5, 5.41) is 16.7. The number of carbonyl (C=O) groups excluding carboxylic acids is 1. The third-order valence-corrected chi connectivity index (χ3v) is 2.83. The van der Waals surface area contributed by atoms with Gasteiger partial charge in [0, 0.05) is 0 Å². The van der Waals surface area contributed by atoms with Crippen LogP contribution in [0, 0.1) is 0 Å². The van der Waals surface area contributed by atoms with Gasteiger partial charge in [-0.05, 0) is 18.3 Å². The fourth-order valence-electron chi connectivity index (χ4n) is 1.60. The van der Waals surface area contributed by atoms with Crippen LogP contribution in [0.1, 0.15) is 71.1 Å². The molecule has 0 amide bonds. The predicted octanol–water partition coefficient (Wildman–Crippen LogP) is -3.60. The summed E-state index contributed by atoms with van der Waals surface area (Å²) in [4.78, 5) is 8.33. The van der Waals surface area contributed by atoms with Crippen LogP contribution in [0.25, 0.3) is 0 Å². The quantitative estimate of drug-likeness (QED) is 0.258. The van der Waals surface area contributed by atoms with Crippen LogP contribution in [0.2, 0.25) is 0 Å². The number of carbonyl (C=O) groups is 1. The number of unbranched alkanes of at least 4 members (excludes halogenated alkanes) is 9. The van der Waals surface area contributed by atoms with Crippen LogP contribution in [-0.2, 0) is 0 Å². The summed E-state index contributed by atoms with van der Waals surface area (Å²) in [6.45, 7) is 2.28. The molecule has 0 N–H and O–H groups in total. The smallest absolute Gasteiger partial charge is 0.652 e. The molecule has 0 aliphatic heterocycles. The van der Waals surface area contributed by atoms with Gasteiger partial charge >= 0.3 is 59.1 Å². The fraction of sp³-hybridized carbons (Fsp3) is 0.923. The Morgan fingerprint density at radius 3 is 1.32 bits per heavy atom. The van der Waals surface area contributed by atoms with Crippen molar-refractivity contribution in [3.05, 3.63) is 0 Å². The van der Waals surface area contributed by atoms with E-state index >= 15 is 0 Å². The molecule has 0 heterocycles. The number of hydrogen-bond acceptors (Lipinski definition) is 4. The first-order chi connectivity index (χ1) is 8.15. The number of thiol groups is 1. The zero-order valence-electron chi connectivity index (χ0n) is 13.0. The van der Waals surface area contributed by atoms with Crippen molar-refractivity contribution in [2.45, 2.75) is 71.1 Å². The molecule has 0 spiro atoms. The minimum Gasteiger partial charge on any atom is -0.652 e. The first kappa shape index (κ1) is 28.7. The molecule has 104 valence electrons. The van der Waals surface area contributed by atoms with Gasteiger partial charge in [0.1, 0.15) is 0 Å². The van der Waals surface area contributed by atoms with Crippen LogP contribution in [0.3, 0.4) is 0 Å². The third kappa shape index (κ3) is 45.1. The molecule has 0 unspecified atom stereocenters. The van der Waals surface area contributed by atoms with Crippen LogP contribution >= 0.6 is 12.6 Å². The molecule has 0 aromatic rings. The van der Waals surface area contributed by atoms with E-state index in [2.05, 4.69) is 19.6 Å². The largest absolute Gasteiger partial charge is 1.00 e. The van der Waals surface area contributed by atoms with Gasteiger partial charge in [0.25, 0.3) is 0 Å². The van der Waals surface area contributed by atoms with E-state index < -0.39 is 6.16 Å². The maximum absolute atomic E-state index is 8.33. The summed E-state index contributed by atoms with van der Waals surface area (Å²) in [7, 11) is 0. The van der Waals surface area contributed by atoms with Crippen molar-refractivity contribution < 1.29 is 74.1 Å². The van der Waals surface area contributed by atoms with Gasteiger partial charge in [-0.25, -0.2) is 0 Å². The SMILES string of the molecule is CCCCCCCCCCCCS.O=C([O-])[O-].[Na+].[Na+]. The van der Waals surface area contributed by atoms with Gasteiger partial charge in [-0.3, -0.25) is 0 Å². The van der Waals surface area contributed by atoms with Gasteiger partial charge < -0.3 is 15.0 Å². The molecule has 0 aromatic carbocycles. The summed E-state index contributed by atoms with van der Waals surface area (Å²) in [5.41, 5.74) is 0. The molecule has 0 aromatic heterocycles. The molecule has 0 atom stereocenters. The Labute approximate surface area is 168 Å². The Morgan fingerprint density at radius 2 is 1.05 bits per heavy atom. The average molecular weight is 308 g/mol. The molecular formula is C13H26Na2O3S. The van der Waals surface area contributed by atoms with Gasteiger partial charge in [-0.1, -0.05) is 64.7 Å². The molecule has 0 saturated carbocycles. The van der Waals surface area contributed by atoms with Crippen molar-refractivity contribution in [1.29, 1.82) is 0 Å². The number of carboxylic acid groups (broad SMARTS) is 2. The van der Waals surface area contributed by atoms with E-state index in [0.717, 1.165) is 5.75 Å². The molecule has 3 nitrogen and oxygen atoms in total. The first-order valence-corrected chi connectivity index (χ1v) is 7.27. The first-order valence-electron chi connectivity index (χ1n) is 6.64. The monoisotopic (exact) mass is 308 g/mol. The molecule has 6 heteroatoms. The van der Waals surface area contributed by atoms with Crippen molar-refractivity contribution in [3.8, 4) is 0 Å². The van der Waals surface area contributed by atoms with Gasteiger partial charge in [-0.15, -0.1) is 0 Å². The summed E-state index contributed by atoms with van der Waals surface area (Å²) < 4.78 is 0. The second-order valence-corrected chi connectivity index (χ2v) is 4.60. The van der Waals surface area contributed by atoms with Crippen molar-refractivity contribution in [3.63, 3.8) is 0 Å². The van der Waals surface area contributed by atoms with E-state index in [0.29, 0.717) is 0 Å². The minimum atomic E-state index is -2.33. The van der Waals surface area contributed by atoms with Crippen LogP contribution in [0.4, 0.5) is 4.79 Å². The minimum absolute atomic E-state index is 0. The van der Waals surface area contributed by atoms with E-state index in [4.69, 9.17) is 15.0 Å². The maximum atomic E-state index is 8.33. The molecule has 0 radical (unpaired) electrons. The van der Waals surface area contributed by atoms with Crippen molar-refractivity contribution in [2.24, 2.45) is 0 Å². The van der Waals surface area contributed by atoms with E-state index in [1.165, 1.54) is 64.2 Å². The normalized spacial score (nSPS) is 8.53. The van der Waals surface area contributed by atoms with E-state index in [-0.39, 0.29) is 59.1 Å². The Balaban J connectivity index is -0.000000165. The zero-order valence-corrected chi connectivity index (χ0v) is 17.8. The third-order valence-electron chi connectivity index (χ3n) is 2.51. The molecular weight excluding hydrogens is 282 g/mol. The number of rotatable bonds is 10. The molecule has 0 aliphatic carbocycles. The summed E-state index contributed by atoms with van der Waals surface area (Å²) >= 11 is 4.20. The summed E-state index contributed by atoms with van der Waals surface area (Å²) in [5.74, 6) is 1.07. The molecule has 0 rings (SSSR count). The average Bonchev–Trinajstić information content (AvgIpc) is 2.26. The molecule has 0 bridgehead atoms. The molecule has 0 aliphatic rings. The second kappa shape index (κ2) is 27.9. The van der Waals surface area contributed by atoms with Crippen molar-refractivity contribution in [2.75, 3.05) is 5.75 Å². The van der Waals surface area contributed by atoms with Gasteiger partial charge in [0.2, 0.25) is 0 Å². The Morgan fingerprint density at radius 1 is 0.789 bits per heavy atom. The molecule has 0 saturated heterocycles. The number of hydrogen-bond donors (Lipinski definition) is 1. The topological polar surface area (TPSA) is 63.2 Å². The van der Waals surface area contributed by atoms with Gasteiger partial charge in [0.05, 0.1) is 0 Å². The maximum Gasteiger partial charge on any atom is 1.00 e. The Kier molecular flexibility index (Phi) is 42.2. The van der Waals surface area contributed by atoms with Crippen molar-refractivity contribution in [1.82, 2.24) is 0 Å². The van der Waals surface area contributed by atoms with Crippen LogP contribution < -0.4 is 69.3 Å². The van der Waals surface area contributed by atoms with Crippen LogP contribution in [-0.4, -0.2) is 11.9 Å².